The highest BCUT2D eigenvalue weighted by Crippen LogP contribution is 2.33. The number of rotatable bonds is 6. The van der Waals surface area contributed by atoms with E-state index < -0.39 is 17.3 Å². The molecule has 0 atom stereocenters. The minimum absolute atomic E-state index is 0.00125. The molecule has 0 aliphatic rings. The van der Waals surface area contributed by atoms with E-state index in [0.29, 0.717) is 12.2 Å². The van der Waals surface area contributed by atoms with Gasteiger partial charge in [0.2, 0.25) is 0 Å². The number of alkyl halides is 3. The van der Waals surface area contributed by atoms with Crippen molar-refractivity contribution in [3.63, 3.8) is 0 Å². The molecule has 2 N–H and O–H groups in total. The Hall–Kier alpha value is -1.74. The fraction of sp³-hybridized carbons (Fsp3) is 0.533. The summed E-state index contributed by atoms with van der Waals surface area (Å²) in [5, 5.41) is 21.3. The molecule has 3 nitrogen and oxygen atoms in total. The van der Waals surface area contributed by atoms with E-state index in [-0.39, 0.29) is 12.0 Å². The van der Waals surface area contributed by atoms with Crippen molar-refractivity contribution in [2.75, 3.05) is 18.5 Å². The first-order valence-electron chi connectivity index (χ1n) is 6.78. The molecule has 0 spiro atoms. The molecule has 0 fully saturated rings. The summed E-state index contributed by atoms with van der Waals surface area (Å²) in [5.74, 6) is 0. The van der Waals surface area contributed by atoms with Crippen molar-refractivity contribution in [2.45, 2.75) is 32.9 Å². The van der Waals surface area contributed by atoms with Crippen LogP contribution in [0.4, 0.5) is 18.9 Å². The van der Waals surface area contributed by atoms with Crippen LogP contribution in [-0.2, 0) is 6.18 Å². The van der Waals surface area contributed by atoms with Gasteiger partial charge in [-0.2, -0.15) is 18.4 Å². The SMILES string of the molecule is CCC(CC)(CO)CNc1ccc(C(F)(F)F)c(C#N)c1. The van der Waals surface area contributed by atoms with E-state index in [1.54, 1.807) is 6.07 Å². The van der Waals surface area contributed by atoms with E-state index >= 15 is 0 Å². The molecule has 1 rings (SSSR count). The smallest absolute Gasteiger partial charge is 0.396 e. The van der Waals surface area contributed by atoms with E-state index in [2.05, 4.69) is 5.32 Å². The number of nitrogens with one attached hydrogen (secondary N) is 1. The van der Waals surface area contributed by atoms with Gasteiger partial charge in [-0.1, -0.05) is 13.8 Å². The summed E-state index contributed by atoms with van der Waals surface area (Å²) < 4.78 is 38.1. The zero-order chi connectivity index (χ0) is 16.1. The van der Waals surface area contributed by atoms with Crippen molar-refractivity contribution >= 4 is 5.69 Å². The Morgan fingerprint density at radius 3 is 2.29 bits per heavy atom. The summed E-state index contributed by atoms with van der Waals surface area (Å²) in [7, 11) is 0. The Balaban J connectivity index is 2.95. The minimum atomic E-state index is -4.54. The van der Waals surface area contributed by atoms with Crippen LogP contribution in [0.15, 0.2) is 18.2 Å². The van der Waals surface area contributed by atoms with E-state index in [1.165, 1.54) is 12.1 Å². The van der Waals surface area contributed by atoms with E-state index in [9.17, 15) is 18.3 Å². The fourth-order valence-corrected chi connectivity index (χ4v) is 2.06. The summed E-state index contributed by atoms with van der Waals surface area (Å²) in [6.45, 7) is 4.34. The van der Waals surface area contributed by atoms with Crippen molar-refractivity contribution in [1.29, 1.82) is 5.26 Å². The van der Waals surface area contributed by atoms with Gasteiger partial charge in [-0.25, -0.2) is 0 Å². The van der Waals surface area contributed by atoms with Gasteiger partial charge in [0.1, 0.15) is 0 Å². The first-order chi connectivity index (χ1) is 9.81. The molecule has 0 aromatic heterocycles. The number of halogens is 3. The lowest BCUT2D eigenvalue weighted by Gasteiger charge is -2.30. The second-order valence-electron chi connectivity index (χ2n) is 5.09. The van der Waals surface area contributed by atoms with E-state index in [1.807, 2.05) is 13.8 Å². The van der Waals surface area contributed by atoms with Gasteiger partial charge in [-0.3, -0.25) is 0 Å². The maximum Gasteiger partial charge on any atom is 0.417 e. The summed E-state index contributed by atoms with van der Waals surface area (Å²) >= 11 is 0. The number of hydrogen-bond acceptors (Lipinski definition) is 3. The van der Waals surface area contributed by atoms with Crippen LogP contribution >= 0.6 is 0 Å². The topological polar surface area (TPSA) is 56.0 Å². The molecule has 0 amide bonds. The average Bonchev–Trinajstić information content (AvgIpc) is 2.48. The Morgan fingerprint density at radius 2 is 1.86 bits per heavy atom. The maximum atomic E-state index is 12.7. The van der Waals surface area contributed by atoms with Crippen LogP contribution < -0.4 is 5.32 Å². The lowest BCUT2D eigenvalue weighted by Crippen LogP contribution is -2.32. The summed E-state index contributed by atoms with van der Waals surface area (Å²) in [5.41, 5.74) is -1.21. The quantitative estimate of drug-likeness (QED) is 0.840. The van der Waals surface area contributed by atoms with Crippen molar-refractivity contribution in [3.8, 4) is 6.07 Å². The minimum Gasteiger partial charge on any atom is -0.396 e. The lowest BCUT2D eigenvalue weighted by molar-refractivity contribution is -0.137. The van der Waals surface area contributed by atoms with Crippen LogP contribution in [0, 0.1) is 16.7 Å². The van der Waals surface area contributed by atoms with Gasteiger partial charge in [0.15, 0.2) is 0 Å². The largest absolute Gasteiger partial charge is 0.417 e. The first-order valence-corrected chi connectivity index (χ1v) is 6.78. The van der Waals surface area contributed by atoms with Crippen LogP contribution in [0.5, 0.6) is 0 Å². The van der Waals surface area contributed by atoms with Gasteiger partial charge in [-0.15, -0.1) is 0 Å². The highest BCUT2D eigenvalue weighted by molar-refractivity contribution is 5.53. The van der Waals surface area contributed by atoms with Crippen LogP contribution in [0.1, 0.15) is 37.8 Å². The maximum absolute atomic E-state index is 12.7. The van der Waals surface area contributed by atoms with Gasteiger partial charge >= 0.3 is 6.18 Å². The van der Waals surface area contributed by atoms with Crippen LogP contribution in [0.25, 0.3) is 0 Å². The number of nitriles is 1. The third-order valence-electron chi connectivity index (χ3n) is 3.95. The molecule has 0 bridgehead atoms. The number of aliphatic hydroxyl groups is 1. The first kappa shape index (κ1) is 17.3. The fourth-order valence-electron chi connectivity index (χ4n) is 2.06. The van der Waals surface area contributed by atoms with Crippen molar-refractivity contribution in [2.24, 2.45) is 5.41 Å². The molecule has 0 heterocycles. The number of hydrogen-bond donors (Lipinski definition) is 2. The second-order valence-corrected chi connectivity index (χ2v) is 5.09. The molecule has 21 heavy (non-hydrogen) atoms. The molecule has 1 aromatic carbocycles. The predicted molar refractivity (Wildman–Crippen MR) is 74.7 cm³/mol. The number of aliphatic hydroxyl groups excluding tert-OH is 1. The Bertz CT molecular complexity index is 508. The number of anilines is 1. The van der Waals surface area contributed by atoms with Crippen molar-refractivity contribution < 1.29 is 18.3 Å². The molecule has 0 unspecified atom stereocenters. The highest BCUT2D eigenvalue weighted by Gasteiger charge is 2.33. The molecule has 0 saturated heterocycles. The summed E-state index contributed by atoms with van der Waals surface area (Å²) in [4.78, 5) is 0. The van der Waals surface area contributed by atoms with Gasteiger partial charge < -0.3 is 10.4 Å². The Labute approximate surface area is 122 Å². The Kier molecular flexibility index (Phi) is 5.62. The zero-order valence-corrected chi connectivity index (χ0v) is 12.1. The molecular formula is C15H19F3N2O. The van der Waals surface area contributed by atoms with E-state index in [4.69, 9.17) is 5.26 Å². The van der Waals surface area contributed by atoms with Crippen LogP contribution in [-0.4, -0.2) is 18.3 Å². The molecule has 0 saturated carbocycles. The Morgan fingerprint density at radius 1 is 1.24 bits per heavy atom. The molecule has 0 aliphatic heterocycles. The van der Waals surface area contributed by atoms with E-state index in [0.717, 1.165) is 18.9 Å². The molecule has 6 heteroatoms. The summed E-state index contributed by atoms with van der Waals surface area (Å²) in [6, 6.07) is 4.97. The van der Waals surface area contributed by atoms with Gasteiger partial charge in [0.05, 0.1) is 23.8 Å². The average molecular weight is 300 g/mol. The molecular weight excluding hydrogens is 281 g/mol. The third kappa shape index (κ3) is 4.11. The molecule has 116 valence electrons. The molecule has 1 aromatic rings. The summed E-state index contributed by atoms with van der Waals surface area (Å²) in [6.07, 6.45) is -3.04. The highest BCUT2D eigenvalue weighted by atomic mass is 19.4. The molecule has 0 aliphatic carbocycles. The predicted octanol–water partition coefficient (Wildman–Crippen LogP) is 3.79. The normalized spacial score (nSPS) is 12.0. The van der Waals surface area contributed by atoms with Crippen LogP contribution in [0.2, 0.25) is 0 Å². The van der Waals surface area contributed by atoms with Crippen LogP contribution in [0.3, 0.4) is 0 Å². The number of benzene rings is 1. The monoisotopic (exact) mass is 300 g/mol. The molecule has 0 radical (unpaired) electrons. The lowest BCUT2D eigenvalue weighted by atomic mass is 9.83. The van der Waals surface area contributed by atoms with Crippen molar-refractivity contribution in [1.82, 2.24) is 0 Å². The van der Waals surface area contributed by atoms with Gasteiger partial charge in [0, 0.05) is 17.6 Å². The second kappa shape index (κ2) is 6.81. The van der Waals surface area contributed by atoms with Crippen molar-refractivity contribution in [3.05, 3.63) is 29.3 Å². The standard InChI is InChI=1S/C15H19F3N2O/c1-3-14(4-2,10-21)9-20-12-5-6-13(15(16,17)18)11(7-12)8-19/h5-7,20-21H,3-4,9-10H2,1-2H3. The van der Waals surface area contributed by atoms with Gasteiger partial charge in [0.25, 0.3) is 0 Å². The zero-order valence-electron chi connectivity index (χ0n) is 12.1. The third-order valence-corrected chi connectivity index (χ3v) is 3.95. The number of nitrogens with zero attached hydrogens (tertiary/aromatic N) is 1. The van der Waals surface area contributed by atoms with Gasteiger partial charge in [-0.05, 0) is 31.0 Å².